The van der Waals surface area contributed by atoms with E-state index in [-0.39, 0.29) is 0 Å². The van der Waals surface area contributed by atoms with Gasteiger partial charge in [0.25, 0.3) is 0 Å². The van der Waals surface area contributed by atoms with Crippen molar-refractivity contribution in [3.63, 3.8) is 0 Å². The number of hydrogen-bond donors (Lipinski definition) is 1. The number of nitrogens with zero attached hydrogens (tertiary/aromatic N) is 3. The number of benzene rings is 2. The molecule has 25 heavy (non-hydrogen) atoms. The van der Waals surface area contributed by atoms with Crippen molar-refractivity contribution in [2.45, 2.75) is 32.7 Å². The van der Waals surface area contributed by atoms with Crippen molar-refractivity contribution in [2.75, 3.05) is 18.4 Å². The Bertz CT molecular complexity index is 851. The molecule has 0 atom stereocenters. The molecule has 0 unspecified atom stereocenters. The fourth-order valence-electron chi connectivity index (χ4n) is 3.41. The minimum absolute atomic E-state index is 0.822. The summed E-state index contributed by atoms with van der Waals surface area (Å²) in [5, 5.41) is 3.41. The molecule has 0 amide bonds. The van der Waals surface area contributed by atoms with Gasteiger partial charge >= 0.3 is 0 Å². The van der Waals surface area contributed by atoms with Gasteiger partial charge in [0.15, 0.2) is 5.82 Å². The van der Waals surface area contributed by atoms with E-state index < -0.39 is 0 Å². The fourth-order valence-corrected chi connectivity index (χ4v) is 3.41. The number of fused-ring (bicyclic) bond motifs is 1. The van der Waals surface area contributed by atoms with Crippen molar-refractivity contribution in [2.24, 2.45) is 0 Å². The van der Waals surface area contributed by atoms with E-state index in [0.29, 0.717) is 0 Å². The largest absolute Gasteiger partial charge is 0.339 e. The third kappa shape index (κ3) is 3.80. The van der Waals surface area contributed by atoms with Crippen LogP contribution in [0.15, 0.2) is 48.5 Å². The first-order valence-corrected chi connectivity index (χ1v) is 9.10. The average molecular weight is 332 g/mol. The van der Waals surface area contributed by atoms with E-state index in [9.17, 15) is 0 Å². The van der Waals surface area contributed by atoms with Crippen LogP contribution in [0, 0.1) is 6.92 Å². The highest BCUT2D eigenvalue weighted by molar-refractivity contribution is 5.77. The van der Waals surface area contributed by atoms with Gasteiger partial charge < -0.3 is 5.32 Å². The van der Waals surface area contributed by atoms with Crippen molar-refractivity contribution in [3.05, 3.63) is 59.8 Å². The molecule has 0 aliphatic carbocycles. The zero-order valence-corrected chi connectivity index (χ0v) is 14.7. The molecule has 1 aliphatic rings. The van der Waals surface area contributed by atoms with E-state index in [2.05, 4.69) is 39.5 Å². The molecule has 0 bridgehead atoms. The number of aromatic nitrogens is 2. The summed E-state index contributed by atoms with van der Waals surface area (Å²) >= 11 is 0. The molecule has 2 aromatic carbocycles. The summed E-state index contributed by atoms with van der Waals surface area (Å²) in [5.41, 5.74) is 5.18. The average Bonchev–Trinajstić information content (AvgIpc) is 2.65. The van der Waals surface area contributed by atoms with Crippen LogP contribution in [0.1, 0.15) is 30.5 Å². The lowest BCUT2D eigenvalue weighted by Gasteiger charge is -2.26. The molecule has 3 aromatic rings. The number of nitrogens with one attached hydrogen (secondary N) is 1. The summed E-state index contributed by atoms with van der Waals surface area (Å²) in [7, 11) is 0. The Morgan fingerprint density at radius 3 is 2.28 bits per heavy atom. The quantitative estimate of drug-likeness (QED) is 0.754. The lowest BCUT2D eigenvalue weighted by molar-refractivity contribution is 0.221. The number of hydrogen-bond acceptors (Lipinski definition) is 4. The highest BCUT2D eigenvalue weighted by Gasteiger charge is 2.10. The van der Waals surface area contributed by atoms with Gasteiger partial charge in [-0.05, 0) is 62.7 Å². The standard InChI is InChI=1S/C21H24N4/c1-16-21(24-20-8-4-3-7-19(20)22-16)23-18-11-9-17(10-12-18)15-25-13-5-2-6-14-25/h3-4,7-12H,2,5-6,13-15H2,1H3,(H,23,24). The van der Waals surface area contributed by atoms with Gasteiger partial charge in [-0.3, -0.25) is 4.90 Å². The van der Waals surface area contributed by atoms with Crippen LogP contribution in [0.5, 0.6) is 0 Å². The SMILES string of the molecule is Cc1nc2ccccc2nc1Nc1ccc(CN2CCCCC2)cc1. The molecule has 2 heterocycles. The maximum atomic E-state index is 4.70. The van der Waals surface area contributed by atoms with Gasteiger partial charge in [-0.2, -0.15) is 0 Å². The van der Waals surface area contributed by atoms with E-state index in [1.54, 1.807) is 0 Å². The Balaban J connectivity index is 1.48. The molecule has 1 fully saturated rings. The van der Waals surface area contributed by atoms with Crippen LogP contribution < -0.4 is 5.32 Å². The fraction of sp³-hybridized carbons (Fsp3) is 0.333. The van der Waals surface area contributed by atoms with Gasteiger partial charge in [-0.15, -0.1) is 0 Å². The summed E-state index contributed by atoms with van der Waals surface area (Å²) in [6.07, 6.45) is 4.05. The third-order valence-electron chi connectivity index (χ3n) is 4.82. The molecule has 0 radical (unpaired) electrons. The highest BCUT2D eigenvalue weighted by Crippen LogP contribution is 2.21. The van der Waals surface area contributed by atoms with E-state index in [4.69, 9.17) is 4.98 Å². The Kier molecular flexibility index (Phi) is 4.61. The lowest BCUT2D eigenvalue weighted by Crippen LogP contribution is -2.29. The van der Waals surface area contributed by atoms with Crippen molar-refractivity contribution in [3.8, 4) is 0 Å². The minimum Gasteiger partial charge on any atom is -0.339 e. The van der Waals surface area contributed by atoms with Crippen LogP contribution in [0.3, 0.4) is 0 Å². The molecular formula is C21H24N4. The normalized spacial score (nSPS) is 15.4. The van der Waals surface area contributed by atoms with E-state index in [0.717, 1.165) is 34.8 Å². The first-order valence-electron chi connectivity index (χ1n) is 9.10. The molecule has 0 spiro atoms. The van der Waals surface area contributed by atoms with E-state index in [1.807, 2.05) is 31.2 Å². The Hall–Kier alpha value is -2.46. The smallest absolute Gasteiger partial charge is 0.152 e. The summed E-state index contributed by atoms with van der Waals surface area (Å²) in [5.74, 6) is 0.822. The van der Waals surface area contributed by atoms with Crippen LogP contribution in [-0.2, 0) is 6.54 Å². The third-order valence-corrected chi connectivity index (χ3v) is 4.82. The molecule has 1 N–H and O–H groups in total. The topological polar surface area (TPSA) is 41.1 Å². The molecule has 1 aromatic heterocycles. The van der Waals surface area contributed by atoms with Crippen molar-refractivity contribution >= 4 is 22.5 Å². The maximum Gasteiger partial charge on any atom is 0.152 e. The number of likely N-dealkylation sites (tertiary alicyclic amines) is 1. The molecular weight excluding hydrogens is 308 g/mol. The predicted octanol–water partition coefficient (Wildman–Crippen LogP) is 4.67. The molecule has 0 saturated carbocycles. The summed E-state index contributed by atoms with van der Waals surface area (Å²) in [6, 6.07) is 16.7. The van der Waals surface area contributed by atoms with Gasteiger partial charge in [0.05, 0.1) is 16.7 Å². The number of para-hydroxylation sites is 2. The minimum atomic E-state index is 0.822. The zero-order chi connectivity index (χ0) is 17.1. The first-order chi connectivity index (χ1) is 12.3. The van der Waals surface area contributed by atoms with E-state index >= 15 is 0 Å². The number of rotatable bonds is 4. The monoisotopic (exact) mass is 332 g/mol. The van der Waals surface area contributed by atoms with Gasteiger partial charge in [0, 0.05) is 12.2 Å². The second-order valence-corrected chi connectivity index (χ2v) is 6.81. The van der Waals surface area contributed by atoms with Crippen LogP contribution >= 0.6 is 0 Å². The number of piperidine rings is 1. The number of anilines is 2. The second kappa shape index (κ2) is 7.19. The van der Waals surface area contributed by atoms with Crippen LogP contribution in [-0.4, -0.2) is 28.0 Å². The lowest BCUT2D eigenvalue weighted by atomic mass is 10.1. The van der Waals surface area contributed by atoms with Crippen LogP contribution in [0.2, 0.25) is 0 Å². The van der Waals surface area contributed by atoms with Gasteiger partial charge in [0.1, 0.15) is 0 Å². The van der Waals surface area contributed by atoms with Crippen molar-refractivity contribution < 1.29 is 0 Å². The van der Waals surface area contributed by atoms with Crippen LogP contribution in [0.4, 0.5) is 11.5 Å². The summed E-state index contributed by atoms with van der Waals surface area (Å²) in [6.45, 7) is 5.50. The van der Waals surface area contributed by atoms with Crippen molar-refractivity contribution in [1.29, 1.82) is 0 Å². The molecule has 4 rings (SSSR count). The summed E-state index contributed by atoms with van der Waals surface area (Å²) < 4.78 is 0. The molecule has 1 aliphatic heterocycles. The van der Waals surface area contributed by atoms with Crippen LogP contribution in [0.25, 0.3) is 11.0 Å². The Labute approximate surface area is 148 Å². The maximum absolute atomic E-state index is 4.70. The van der Waals surface area contributed by atoms with E-state index in [1.165, 1.54) is 37.9 Å². The Morgan fingerprint density at radius 2 is 1.56 bits per heavy atom. The molecule has 4 heteroatoms. The zero-order valence-electron chi connectivity index (χ0n) is 14.7. The highest BCUT2D eigenvalue weighted by atomic mass is 15.1. The molecule has 1 saturated heterocycles. The van der Waals surface area contributed by atoms with Gasteiger partial charge in [0.2, 0.25) is 0 Å². The number of aryl methyl sites for hydroxylation is 1. The van der Waals surface area contributed by atoms with Crippen molar-refractivity contribution in [1.82, 2.24) is 14.9 Å². The molecule has 4 nitrogen and oxygen atoms in total. The van der Waals surface area contributed by atoms with Gasteiger partial charge in [-0.25, -0.2) is 9.97 Å². The predicted molar refractivity (Wildman–Crippen MR) is 103 cm³/mol. The Morgan fingerprint density at radius 1 is 0.880 bits per heavy atom. The second-order valence-electron chi connectivity index (χ2n) is 6.81. The van der Waals surface area contributed by atoms with Gasteiger partial charge in [-0.1, -0.05) is 30.7 Å². The summed E-state index contributed by atoms with van der Waals surface area (Å²) in [4.78, 5) is 11.9. The first kappa shape index (κ1) is 16.0. The molecule has 128 valence electrons.